The topological polar surface area (TPSA) is 98.2 Å². The van der Waals surface area contributed by atoms with E-state index in [2.05, 4.69) is 19.0 Å². The fourth-order valence-electron chi connectivity index (χ4n) is 1.96. The van der Waals surface area contributed by atoms with E-state index in [0.29, 0.717) is 5.69 Å². The van der Waals surface area contributed by atoms with Crippen LogP contribution in [-0.4, -0.2) is 31.1 Å². The van der Waals surface area contributed by atoms with Crippen molar-refractivity contribution in [1.29, 1.82) is 0 Å². The number of hydrogen-bond donors (Lipinski definition) is 1. The van der Waals surface area contributed by atoms with Gasteiger partial charge in [0.15, 0.2) is 0 Å². The molecule has 3 rings (SSSR count). The summed E-state index contributed by atoms with van der Waals surface area (Å²) >= 11 is 2.25. The minimum absolute atomic E-state index is 0.0372. The van der Waals surface area contributed by atoms with Gasteiger partial charge in [-0.25, -0.2) is 13.2 Å². The molecule has 0 atom stereocenters. The molecule has 0 bridgehead atoms. The highest BCUT2D eigenvalue weighted by Crippen LogP contribution is 2.26. The third-order valence-corrected chi connectivity index (χ3v) is 6.03. The Morgan fingerprint density at radius 1 is 1.21 bits per heavy atom. The standard InChI is InChI=1S/C14H11N3O4S3/c1-21-14(18)13-12(6-7-22-13)24(19,20)16-10-4-2-9(3-5-10)11-8-23-17-15-11/h2-8,16H,1H3. The van der Waals surface area contributed by atoms with Crippen molar-refractivity contribution < 1.29 is 17.9 Å². The average molecular weight is 381 g/mol. The van der Waals surface area contributed by atoms with E-state index in [1.54, 1.807) is 29.6 Å². The van der Waals surface area contributed by atoms with Crippen LogP contribution in [0.2, 0.25) is 0 Å². The fourth-order valence-corrected chi connectivity index (χ4v) is 4.82. The highest BCUT2D eigenvalue weighted by Gasteiger charge is 2.24. The molecule has 0 fully saturated rings. The van der Waals surface area contributed by atoms with Crippen LogP contribution in [0.25, 0.3) is 11.3 Å². The van der Waals surface area contributed by atoms with E-state index < -0.39 is 16.0 Å². The van der Waals surface area contributed by atoms with E-state index in [1.807, 2.05) is 0 Å². The third-order valence-electron chi connectivity index (χ3n) is 3.08. The molecule has 0 aliphatic heterocycles. The van der Waals surface area contributed by atoms with E-state index in [1.165, 1.54) is 30.1 Å². The fraction of sp³-hybridized carbons (Fsp3) is 0.0714. The van der Waals surface area contributed by atoms with Crippen molar-refractivity contribution in [3.63, 3.8) is 0 Å². The molecule has 24 heavy (non-hydrogen) atoms. The lowest BCUT2D eigenvalue weighted by atomic mass is 10.2. The van der Waals surface area contributed by atoms with Crippen LogP contribution in [0.1, 0.15) is 9.67 Å². The summed E-state index contributed by atoms with van der Waals surface area (Å²) in [5.74, 6) is -0.684. The number of aromatic nitrogens is 2. The number of ether oxygens (including phenoxy) is 1. The molecular weight excluding hydrogens is 370 g/mol. The number of nitrogens with one attached hydrogen (secondary N) is 1. The first kappa shape index (κ1) is 16.6. The molecule has 2 heterocycles. The average Bonchev–Trinajstić information content (AvgIpc) is 3.26. The maximum Gasteiger partial charge on any atom is 0.349 e. The van der Waals surface area contributed by atoms with Gasteiger partial charge in [-0.2, -0.15) is 0 Å². The van der Waals surface area contributed by atoms with E-state index in [0.717, 1.165) is 22.6 Å². The number of carbonyl (C=O) groups is 1. The van der Waals surface area contributed by atoms with Crippen LogP contribution in [0.5, 0.6) is 0 Å². The summed E-state index contributed by atoms with van der Waals surface area (Å²) < 4.78 is 35.8. The van der Waals surface area contributed by atoms with Crippen molar-refractivity contribution in [3.8, 4) is 11.3 Å². The molecule has 7 nitrogen and oxygen atoms in total. The first-order valence-corrected chi connectivity index (χ1v) is 9.77. The predicted molar refractivity (Wildman–Crippen MR) is 91.8 cm³/mol. The minimum Gasteiger partial charge on any atom is -0.465 e. The molecule has 1 N–H and O–H groups in total. The molecule has 0 amide bonds. The monoisotopic (exact) mass is 381 g/mol. The Morgan fingerprint density at radius 2 is 1.96 bits per heavy atom. The smallest absolute Gasteiger partial charge is 0.349 e. The largest absolute Gasteiger partial charge is 0.465 e. The van der Waals surface area contributed by atoms with E-state index in [-0.39, 0.29) is 9.77 Å². The van der Waals surface area contributed by atoms with Crippen molar-refractivity contribution in [3.05, 3.63) is 46.0 Å². The second kappa shape index (κ2) is 6.67. The lowest BCUT2D eigenvalue weighted by Gasteiger charge is -2.08. The van der Waals surface area contributed by atoms with Crippen LogP contribution >= 0.6 is 22.9 Å². The SMILES string of the molecule is COC(=O)c1sccc1S(=O)(=O)Nc1ccc(-c2csnn2)cc1. The lowest BCUT2D eigenvalue weighted by molar-refractivity contribution is 0.0602. The molecule has 124 valence electrons. The molecular formula is C14H11N3O4S3. The summed E-state index contributed by atoms with van der Waals surface area (Å²) in [5, 5.41) is 7.28. The summed E-state index contributed by atoms with van der Waals surface area (Å²) in [6.07, 6.45) is 0. The Labute approximate surface area is 146 Å². The Hall–Kier alpha value is -2.30. The van der Waals surface area contributed by atoms with Gasteiger partial charge in [-0.15, -0.1) is 16.4 Å². The van der Waals surface area contributed by atoms with Crippen molar-refractivity contribution >= 4 is 44.5 Å². The second-order valence-electron chi connectivity index (χ2n) is 4.58. The van der Waals surface area contributed by atoms with Crippen LogP contribution < -0.4 is 4.72 Å². The maximum atomic E-state index is 12.5. The molecule has 0 unspecified atom stereocenters. The molecule has 0 radical (unpaired) electrons. The first-order chi connectivity index (χ1) is 11.5. The molecule has 10 heteroatoms. The van der Waals surface area contributed by atoms with Gasteiger partial charge in [0.05, 0.1) is 7.11 Å². The van der Waals surface area contributed by atoms with Gasteiger partial charge in [0.25, 0.3) is 10.0 Å². The van der Waals surface area contributed by atoms with Gasteiger partial charge in [-0.1, -0.05) is 16.6 Å². The number of nitrogens with zero attached hydrogens (tertiary/aromatic N) is 2. The van der Waals surface area contributed by atoms with Crippen molar-refractivity contribution in [2.75, 3.05) is 11.8 Å². The summed E-state index contributed by atoms with van der Waals surface area (Å²) in [7, 11) is -2.68. The molecule has 0 saturated carbocycles. The number of sulfonamides is 1. The number of esters is 1. The predicted octanol–water partition coefficient (Wildman–Crippen LogP) is 2.85. The number of carbonyl (C=O) groups excluding carboxylic acids is 1. The van der Waals surface area contributed by atoms with Crippen LogP contribution in [0, 0.1) is 0 Å². The zero-order valence-electron chi connectivity index (χ0n) is 12.3. The van der Waals surface area contributed by atoms with Gasteiger partial charge in [0.1, 0.15) is 15.5 Å². The molecule has 0 aliphatic rings. The number of methoxy groups -OCH3 is 1. The van der Waals surface area contributed by atoms with Gasteiger partial charge < -0.3 is 4.74 Å². The van der Waals surface area contributed by atoms with Crippen molar-refractivity contribution in [2.45, 2.75) is 4.90 Å². The number of hydrogen-bond acceptors (Lipinski definition) is 8. The Balaban J connectivity index is 1.85. The van der Waals surface area contributed by atoms with Crippen LogP contribution in [-0.2, 0) is 14.8 Å². The van der Waals surface area contributed by atoms with E-state index in [9.17, 15) is 13.2 Å². The zero-order valence-corrected chi connectivity index (χ0v) is 14.7. The minimum atomic E-state index is -3.89. The zero-order chi connectivity index (χ0) is 17.2. The van der Waals surface area contributed by atoms with Crippen LogP contribution in [0.4, 0.5) is 5.69 Å². The summed E-state index contributed by atoms with van der Waals surface area (Å²) in [4.78, 5) is 11.6. The highest BCUT2D eigenvalue weighted by molar-refractivity contribution is 7.93. The quantitative estimate of drug-likeness (QED) is 0.683. The number of thiophene rings is 1. The summed E-state index contributed by atoms with van der Waals surface area (Å²) in [6.45, 7) is 0. The van der Waals surface area contributed by atoms with Gasteiger partial charge >= 0.3 is 5.97 Å². The summed E-state index contributed by atoms with van der Waals surface area (Å²) in [6, 6.07) is 8.09. The van der Waals surface area contributed by atoms with Crippen molar-refractivity contribution in [2.24, 2.45) is 0 Å². The Morgan fingerprint density at radius 3 is 2.58 bits per heavy atom. The highest BCUT2D eigenvalue weighted by atomic mass is 32.2. The molecule has 1 aromatic carbocycles. The number of benzene rings is 1. The molecule has 0 aliphatic carbocycles. The number of anilines is 1. The van der Waals surface area contributed by atoms with E-state index in [4.69, 9.17) is 0 Å². The van der Waals surface area contributed by atoms with Gasteiger partial charge in [-0.05, 0) is 35.1 Å². The first-order valence-electron chi connectivity index (χ1n) is 6.57. The van der Waals surface area contributed by atoms with Gasteiger partial charge in [0, 0.05) is 16.6 Å². The molecule has 0 spiro atoms. The van der Waals surface area contributed by atoms with Crippen LogP contribution in [0.15, 0.2) is 46.0 Å². The number of rotatable bonds is 5. The third kappa shape index (κ3) is 3.30. The summed E-state index contributed by atoms with van der Waals surface area (Å²) in [5.41, 5.74) is 1.93. The lowest BCUT2D eigenvalue weighted by Crippen LogP contribution is -2.15. The van der Waals surface area contributed by atoms with Crippen LogP contribution in [0.3, 0.4) is 0 Å². The normalized spacial score (nSPS) is 11.2. The van der Waals surface area contributed by atoms with Gasteiger partial charge in [-0.3, -0.25) is 4.72 Å². The molecule has 0 saturated heterocycles. The Bertz CT molecular complexity index is 948. The van der Waals surface area contributed by atoms with E-state index >= 15 is 0 Å². The maximum absolute atomic E-state index is 12.5. The Kier molecular flexibility index (Phi) is 4.60. The molecule has 2 aromatic heterocycles. The molecule has 3 aromatic rings. The second-order valence-corrected chi connectivity index (χ2v) is 7.76. The van der Waals surface area contributed by atoms with Crippen molar-refractivity contribution in [1.82, 2.24) is 9.59 Å². The van der Waals surface area contributed by atoms with Gasteiger partial charge in [0.2, 0.25) is 0 Å².